The van der Waals surface area contributed by atoms with E-state index in [1.807, 2.05) is 13.0 Å². The molecule has 1 amide bonds. The number of amides is 1. The maximum atomic E-state index is 12.1. The van der Waals surface area contributed by atoms with Gasteiger partial charge in [0.1, 0.15) is 17.6 Å². The maximum absolute atomic E-state index is 12.1. The van der Waals surface area contributed by atoms with Gasteiger partial charge in [0.15, 0.2) is 6.61 Å². The average Bonchev–Trinajstić information content (AvgIpc) is 2.54. The highest BCUT2D eigenvalue weighted by molar-refractivity contribution is 6.30. The molecule has 6 nitrogen and oxygen atoms in total. The van der Waals surface area contributed by atoms with Crippen molar-refractivity contribution in [1.82, 2.24) is 9.47 Å². The van der Waals surface area contributed by atoms with Crippen LogP contribution < -0.4 is 15.0 Å². The van der Waals surface area contributed by atoms with Gasteiger partial charge >= 0.3 is 0 Å². The molecular weight excluding hydrogens is 344 g/mol. The molecule has 1 aromatic carbocycles. The first kappa shape index (κ1) is 17.4. The number of aryl methyl sites for hydroxylation is 1. The third kappa shape index (κ3) is 4.14. The van der Waals surface area contributed by atoms with E-state index in [0.29, 0.717) is 29.6 Å². The van der Waals surface area contributed by atoms with Crippen LogP contribution in [0.25, 0.3) is 0 Å². The fourth-order valence-corrected chi connectivity index (χ4v) is 2.61. The molecule has 1 aliphatic heterocycles. The van der Waals surface area contributed by atoms with Crippen LogP contribution in [0.2, 0.25) is 5.02 Å². The number of pyridine rings is 1. The van der Waals surface area contributed by atoms with Gasteiger partial charge in [0, 0.05) is 23.8 Å². The molecule has 1 saturated heterocycles. The number of benzene rings is 1. The summed E-state index contributed by atoms with van der Waals surface area (Å²) < 4.78 is 12.8. The highest BCUT2D eigenvalue weighted by Gasteiger charge is 2.32. The quantitative estimate of drug-likeness (QED) is 0.816. The fourth-order valence-electron chi connectivity index (χ4n) is 2.48. The standard InChI is InChI=1S/C18H19ClN2O4/c1-12-7-15(8-17(22)20(12)2)25-16-9-21(10-16)18(23)11-24-14-5-3-13(19)4-6-14/h3-8,16H,9-11H2,1-2H3. The summed E-state index contributed by atoms with van der Waals surface area (Å²) >= 11 is 5.80. The molecule has 0 atom stereocenters. The average molecular weight is 363 g/mol. The van der Waals surface area contributed by atoms with E-state index in [-0.39, 0.29) is 24.2 Å². The van der Waals surface area contributed by atoms with Crippen molar-refractivity contribution in [3.8, 4) is 11.5 Å². The SMILES string of the molecule is Cc1cc(OC2CN(C(=O)COc3ccc(Cl)cc3)C2)cc(=O)n1C. The van der Waals surface area contributed by atoms with Crippen molar-refractivity contribution in [3.63, 3.8) is 0 Å². The van der Waals surface area contributed by atoms with Gasteiger partial charge in [-0.25, -0.2) is 0 Å². The smallest absolute Gasteiger partial charge is 0.260 e. The Kier molecular flexibility index (Phi) is 4.99. The van der Waals surface area contributed by atoms with Crippen LogP contribution in [0, 0.1) is 6.92 Å². The minimum absolute atomic E-state index is 0.0284. The molecule has 0 bridgehead atoms. The van der Waals surface area contributed by atoms with Crippen molar-refractivity contribution in [3.05, 3.63) is 57.5 Å². The molecule has 1 aromatic heterocycles. The first-order valence-electron chi connectivity index (χ1n) is 7.93. The lowest BCUT2D eigenvalue weighted by Crippen LogP contribution is -2.57. The summed E-state index contributed by atoms with van der Waals surface area (Å²) in [5.74, 6) is 1.03. The normalized spacial score (nSPS) is 14.1. The van der Waals surface area contributed by atoms with Gasteiger partial charge in [-0.15, -0.1) is 0 Å². The number of likely N-dealkylation sites (tertiary alicyclic amines) is 1. The van der Waals surface area contributed by atoms with Crippen LogP contribution >= 0.6 is 11.6 Å². The third-order valence-corrected chi connectivity index (χ3v) is 4.41. The Hall–Kier alpha value is -2.47. The van der Waals surface area contributed by atoms with E-state index >= 15 is 0 Å². The first-order chi connectivity index (χ1) is 11.9. The van der Waals surface area contributed by atoms with Crippen molar-refractivity contribution in [2.75, 3.05) is 19.7 Å². The Morgan fingerprint density at radius 1 is 1.20 bits per heavy atom. The van der Waals surface area contributed by atoms with Crippen LogP contribution in [-0.4, -0.2) is 41.2 Å². The Morgan fingerprint density at radius 3 is 2.52 bits per heavy atom. The van der Waals surface area contributed by atoms with Gasteiger partial charge < -0.3 is 18.9 Å². The summed E-state index contributed by atoms with van der Waals surface area (Å²) in [6.07, 6.45) is -0.106. The van der Waals surface area contributed by atoms with Gasteiger partial charge in [-0.2, -0.15) is 0 Å². The zero-order chi connectivity index (χ0) is 18.0. The van der Waals surface area contributed by atoms with Gasteiger partial charge in [-0.05, 0) is 37.3 Å². The van der Waals surface area contributed by atoms with Gasteiger partial charge in [0.25, 0.3) is 11.5 Å². The lowest BCUT2D eigenvalue weighted by molar-refractivity contribution is -0.142. The summed E-state index contributed by atoms with van der Waals surface area (Å²) in [6.45, 7) is 2.78. The Balaban J connectivity index is 1.46. The van der Waals surface area contributed by atoms with E-state index in [9.17, 15) is 9.59 Å². The van der Waals surface area contributed by atoms with Crippen molar-refractivity contribution < 1.29 is 14.3 Å². The molecule has 132 valence electrons. The minimum atomic E-state index is -0.112. The monoisotopic (exact) mass is 362 g/mol. The molecule has 0 saturated carbocycles. The van der Waals surface area contributed by atoms with Crippen molar-refractivity contribution >= 4 is 17.5 Å². The molecule has 0 aliphatic carbocycles. The Bertz CT molecular complexity index is 826. The number of nitrogens with zero attached hydrogens (tertiary/aromatic N) is 2. The van der Waals surface area contributed by atoms with Crippen LogP contribution in [0.15, 0.2) is 41.2 Å². The number of hydrogen-bond acceptors (Lipinski definition) is 4. The topological polar surface area (TPSA) is 60.8 Å². The number of aromatic nitrogens is 1. The Morgan fingerprint density at radius 2 is 1.88 bits per heavy atom. The van der Waals surface area contributed by atoms with E-state index in [2.05, 4.69) is 0 Å². The molecular formula is C18H19ClN2O4. The minimum Gasteiger partial charge on any atom is -0.486 e. The van der Waals surface area contributed by atoms with E-state index in [4.69, 9.17) is 21.1 Å². The lowest BCUT2D eigenvalue weighted by Gasteiger charge is -2.38. The van der Waals surface area contributed by atoms with E-state index in [0.717, 1.165) is 5.69 Å². The molecule has 0 N–H and O–H groups in total. The second-order valence-electron chi connectivity index (χ2n) is 6.01. The van der Waals surface area contributed by atoms with Gasteiger partial charge in [0.05, 0.1) is 13.1 Å². The van der Waals surface area contributed by atoms with Crippen LogP contribution in [0.4, 0.5) is 0 Å². The number of halogens is 1. The first-order valence-corrected chi connectivity index (χ1v) is 8.30. The molecule has 3 rings (SSSR count). The second-order valence-corrected chi connectivity index (χ2v) is 6.45. The number of hydrogen-bond donors (Lipinski definition) is 0. The van der Waals surface area contributed by atoms with Crippen LogP contribution in [0.5, 0.6) is 11.5 Å². The molecule has 1 aliphatic rings. The van der Waals surface area contributed by atoms with Crippen molar-refractivity contribution in [2.45, 2.75) is 13.0 Å². The predicted molar refractivity (Wildman–Crippen MR) is 94.4 cm³/mol. The number of carbonyl (C=O) groups is 1. The summed E-state index contributed by atoms with van der Waals surface area (Å²) in [4.78, 5) is 25.5. The van der Waals surface area contributed by atoms with Gasteiger partial charge in [-0.1, -0.05) is 11.6 Å². The van der Waals surface area contributed by atoms with Gasteiger partial charge in [-0.3, -0.25) is 9.59 Å². The molecule has 25 heavy (non-hydrogen) atoms. The molecule has 7 heteroatoms. The zero-order valence-corrected chi connectivity index (χ0v) is 14.8. The van der Waals surface area contributed by atoms with Crippen LogP contribution in [0.1, 0.15) is 5.69 Å². The number of carbonyl (C=O) groups excluding carboxylic acids is 1. The number of rotatable bonds is 5. The molecule has 0 spiro atoms. The molecule has 0 radical (unpaired) electrons. The Labute approximate surface area is 150 Å². The fraction of sp³-hybridized carbons (Fsp3) is 0.333. The van der Waals surface area contributed by atoms with Crippen LogP contribution in [0.3, 0.4) is 0 Å². The van der Waals surface area contributed by atoms with Crippen molar-refractivity contribution in [1.29, 1.82) is 0 Å². The highest BCUT2D eigenvalue weighted by atomic mass is 35.5. The summed E-state index contributed by atoms with van der Waals surface area (Å²) in [6, 6.07) is 10.1. The molecule has 2 heterocycles. The summed E-state index contributed by atoms with van der Waals surface area (Å²) in [5.41, 5.74) is 0.713. The van der Waals surface area contributed by atoms with E-state index in [1.54, 1.807) is 40.8 Å². The largest absolute Gasteiger partial charge is 0.486 e. The lowest BCUT2D eigenvalue weighted by atomic mass is 10.1. The summed E-state index contributed by atoms with van der Waals surface area (Å²) in [7, 11) is 1.71. The molecule has 1 fully saturated rings. The maximum Gasteiger partial charge on any atom is 0.260 e. The predicted octanol–water partition coefficient (Wildman–Crippen LogP) is 2.02. The number of ether oxygens (including phenoxy) is 2. The highest BCUT2D eigenvalue weighted by Crippen LogP contribution is 2.19. The molecule has 0 unspecified atom stereocenters. The summed E-state index contributed by atoms with van der Waals surface area (Å²) in [5, 5.41) is 0.618. The van der Waals surface area contributed by atoms with Crippen LogP contribution in [-0.2, 0) is 11.8 Å². The van der Waals surface area contributed by atoms with Crippen molar-refractivity contribution in [2.24, 2.45) is 7.05 Å². The second kappa shape index (κ2) is 7.19. The third-order valence-electron chi connectivity index (χ3n) is 4.16. The molecule has 2 aromatic rings. The van der Waals surface area contributed by atoms with E-state index < -0.39 is 0 Å². The van der Waals surface area contributed by atoms with Gasteiger partial charge in [0.2, 0.25) is 0 Å². The zero-order valence-electron chi connectivity index (χ0n) is 14.1. The van der Waals surface area contributed by atoms with E-state index in [1.165, 1.54) is 6.07 Å².